The van der Waals surface area contributed by atoms with E-state index in [-0.39, 0.29) is 0 Å². The van der Waals surface area contributed by atoms with Crippen LogP contribution in [0.4, 0.5) is 0 Å². The van der Waals surface area contributed by atoms with Gasteiger partial charge < -0.3 is 14.7 Å². The van der Waals surface area contributed by atoms with Crippen LogP contribution in [0, 0.1) is 0 Å². The standard InChI is InChI=1S/C4H4BClO3S/c6-3-1-2-10-4(3)9-5(7)8/h1-2,7-8H. The van der Waals surface area contributed by atoms with Crippen LogP contribution in [0.3, 0.4) is 0 Å². The molecule has 3 nitrogen and oxygen atoms in total. The molecule has 0 unspecified atom stereocenters. The Kier molecular flexibility index (Phi) is 2.56. The number of thiophene rings is 1. The highest BCUT2D eigenvalue weighted by atomic mass is 35.5. The summed E-state index contributed by atoms with van der Waals surface area (Å²) in [4.78, 5) is 0. The Labute approximate surface area is 67.0 Å². The van der Waals surface area contributed by atoms with Crippen molar-refractivity contribution >= 4 is 30.3 Å². The average molecular weight is 178 g/mol. The maximum atomic E-state index is 8.33. The minimum absolute atomic E-state index is 0.316. The summed E-state index contributed by atoms with van der Waals surface area (Å²) in [5.41, 5.74) is 0. The Hall–Kier alpha value is -0.225. The first kappa shape index (κ1) is 7.88. The molecule has 54 valence electrons. The lowest BCUT2D eigenvalue weighted by atomic mass is 10.3. The molecule has 0 radical (unpaired) electrons. The van der Waals surface area contributed by atoms with Crippen molar-refractivity contribution in [3.8, 4) is 5.06 Å². The van der Waals surface area contributed by atoms with Crippen LogP contribution in [0.15, 0.2) is 11.4 Å². The van der Waals surface area contributed by atoms with Gasteiger partial charge in [0.25, 0.3) is 0 Å². The number of hydrogen-bond donors (Lipinski definition) is 2. The zero-order valence-electron chi connectivity index (χ0n) is 4.82. The summed E-state index contributed by atoms with van der Waals surface area (Å²) in [7, 11) is -1.80. The van der Waals surface area contributed by atoms with E-state index < -0.39 is 7.32 Å². The van der Waals surface area contributed by atoms with Crippen LogP contribution < -0.4 is 4.65 Å². The van der Waals surface area contributed by atoms with Crippen molar-refractivity contribution in [3.63, 3.8) is 0 Å². The largest absolute Gasteiger partial charge is 0.708 e. The van der Waals surface area contributed by atoms with E-state index in [0.29, 0.717) is 10.1 Å². The molecule has 10 heavy (non-hydrogen) atoms. The topological polar surface area (TPSA) is 49.7 Å². The first-order valence-electron chi connectivity index (χ1n) is 2.46. The minimum Gasteiger partial charge on any atom is -0.503 e. The third kappa shape index (κ3) is 1.88. The maximum absolute atomic E-state index is 8.33. The van der Waals surface area contributed by atoms with E-state index in [4.69, 9.17) is 21.6 Å². The summed E-state index contributed by atoms with van der Waals surface area (Å²) in [5.74, 6) is 0. The van der Waals surface area contributed by atoms with Crippen LogP contribution in [-0.4, -0.2) is 17.4 Å². The fourth-order valence-electron chi connectivity index (χ4n) is 0.460. The van der Waals surface area contributed by atoms with Gasteiger partial charge >= 0.3 is 7.32 Å². The lowest BCUT2D eigenvalue weighted by Gasteiger charge is -1.99. The van der Waals surface area contributed by atoms with Gasteiger partial charge in [0.05, 0.1) is 5.02 Å². The fraction of sp³-hybridized carbons (Fsp3) is 0. The van der Waals surface area contributed by atoms with Crippen LogP contribution in [0.5, 0.6) is 5.06 Å². The molecule has 0 saturated carbocycles. The van der Waals surface area contributed by atoms with E-state index in [1.165, 1.54) is 11.3 Å². The zero-order valence-corrected chi connectivity index (χ0v) is 6.39. The van der Waals surface area contributed by atoms with E-state index in [0.717, 1.165) is 0 Å². The molecule has 0 aliphatic rings. The molecular formula is C4H4BClO3S. The van der Waals surface area contributed by atoms with Crippen LogP contribution in [0.2, 0.25) is 5.02 Å². The summed E-state index contributed by atoms with van der Waals surface area (Å²) in [6, 6.07) is 1.62. The van der Waals surface area contributed by atoms with Crippen molar-refractivity contribution in [1.82, 2.24) is 0 Å². The van der Waals surface area contributed by atoms with Crippen LogP contribution in [0.25, 0.3) is 0 Å². The second-order valence-corrected chi connectivity index (χ2v) is 2.79. The van der Waals surface area contributed by atoms with Crippen molar-refractivity contribution in [2.24, 2.45) is 0 Å². The molecule has 1 heterocycles. The summed E-state index contributed by atoms with van der Waals surface area (Å²) in [6.45, 7) is 0. The molecule has 0 saturated heterocycles. The van der Waals surface area contributed by atoms with Gasteiger partial charge in [0.1, 0.15) is 0 Å². The first-order chi connectivity index (χ1) is 4.70. The van der Waals surface area contributed by atoms with Gasteiger partial charge in [-0.3, -0.25) is 0 Å². The van der Waals surface area contributed by atoms with Crippen molar-refractivity contribution in [3.05, 3.63) is 16.5 Å². The normalized spacial score (nSPS) is 9.50. The van der Waals surface area contributed by atoms with Crippen LogP contribution >= 0.6 is 22.9 Å². The monoisotopic (exact) mass is 178 g/mol. The van der Waals surface area contributed by atoms with E-state index in [9.17, 15) is 0 Å². The van der Waals surface area contributed by atoms with Crippen molar-refractivity contribution in [2.75, 3.05) is 0 Å². The average Bonchev–Trinajstić information content (AvgIpc) is 2.15. The van der Waals surface area contributed by atoms with E-state index in [2.05, 4.69) is 4.65 Å². The predicted octanol–water partition coefficient (Wildman–Crippen LogP) is 0.750. The van der Waals surface area contributed by atoms with Gasteiger partial charge in [-0.1, -0.05) is 11.6 Å². The Bertz CT molecular complexity index is 214. The van der Waals surface area contributed by atoms with Crippen molar-refractivity contribution < 1.29 is 14.7 Å². The highest BCUT2D eigenvalue weighted by Crippen LogP contribution is 2.30. The molecule has 0 atom stereocenters. The first-order valence-corrected chi connectivity index (χ1v) is 3.71. The summed E-state index contributed by atoms with van der Waals surface area (Å²) < 4.78 is 4.48. The molecule has 6 heteroatoms. The lowest BCUT2D eigenvalue weighted by molar-refractivity contribution is 0.292. The number of rotatable bonds is 2. The summed E-state index contributed by atoms with van der Waals surface area (Å²) in [6.07, 6.45) is 0. The van der Waals surface area contributed by atoms with Gasteiger partial charge in [-0.2, -0.15) is 0 Å². The molecule has 0 amide bonds. The maximum Gasteiger partial charge on any atom is 0.708 e. The third-order valence-corrected chi connectivity index (χ3v) is 2.01. The Morgan fingerprint density at radius 3 is 2.70 bits per heavy atom. The van der Waals surface area contributed by atoms with E-state index in [1.54, 1.807) is 11.4 Å². The Morgan fingerprint density at radius 1 is 1.60 bits per heavy atom. The Balaban J connectivity index is 2.65. The molecule has 0 bridgehead atoms. The predicted molar refractivity (Wildman–Crippen MR) is 40.1 cm³/mol. The molecule has 0 aromatic carbocycles. The van der Waals surface area contributed by atoms with Gasteiger partial charge in [0, 0.05) is 0 Å². The quantitative estimate of drug-likeness (QED) is 0.657. The number of halogens is 1. The van der Waals surface area contributed by atoms with Crippen LogP contribution in [-0.2, 0) is 0 Å². The Morgan fingerprint density at radius 2 is 2.30 bits per heavy atom. The highest BCUT2D eigenvalue weighted by molar-refractivity contribution is 7.12. The summed E-state index contributed by atoms with van der Waals surface area (Å²) in [5, 5.41) is 19.1. The molecule has 1 rings (SSSR count). The van der Waals surface area contributed by atoms with Crippen molar-refractivity contribution in [2.45, 2.75) is 0 Å². The van der Waals surface area contributed by atoms with Gasteiger partial charge in [0.15, 0.2) is 5.06 Å². The van der Waals surface area contributed by atoms with Crippen molar-refractivity contribution in [1.29, 1.82) is 0 Å². The SMILES string of the molecule is OB(O)Oc1sccc1Cl. The minimum atomic E-state index is -1.80. The second-order valence-electron chi connectivity index (χ2n) is 1.50. The molecule has 0 fully saturated rings. The van der Waals surface area contributed by atoms with Gasteiger partial charge in [-0.15, -0.1) is 11.3 Å². The number of hydrogen-bond acceptors (Lipinski definition) is 4. The van der Waals surface area contributed by atoms with E-state index >= 15 is 0 Å². The molecule has 0 aliphatic heterocycles. The van der Waals surface area contributed by atoms with Gasteiger partial charge in [-0.05, 0) is 11.4 Å². The molecule has 2 N–H and O–H groups in total. The molecule has 0 spiro atoms. The zero-order chi connectivity index (χ0) is 7.56. The molecule has 1 aromatic rings. The molecule has 0 aliphatic carbocycles. The third-order valence-electron chi connectivity index (χ3n) is 0.797. The highest BCUT2D eigenvalue weighted by Gasteiger charge is 2.13. The lowest BCUT2D eigenvalue weighted by Crippen LogP contribution is -2.19. The summed E-state index contributed by atoms with van der Waals surface area (Å²) >= 11 is 6.75. The van der Waals surface area contributed by atoms with Gasteiger partial charge in [0.2, 0.25) is 0 Å². The molecule has 1 aromatic heterocycles. The smallest absolute Gasteiger partial charge is 0.503 e. The van der Waals surface area contributed by atoms with Gasteiger partial charge in [-0.25, -0.2) is 0 Å². The second kappa shape index (κ2) is 3.25. The molecular weight excluding hydrogens is 174 g/mol. The van der Waals surface area contributed by atoms with E-state index in [1.807, 2.05) is 0 Å². The fourth-order valence-corrected chi connectivity index (χ4v) is 1.43. The van der Waals surface area contributed by atoms with Crippen LogP contribution in [0.1, 0.15) is 0 Å².